The molecule has 1 aromatic rings. The van der Waals surface area contributed by atoms with E-state index in [1.807, 2.05) is 0 Å². The van der Waals surface area contributed by atoms with Crippen LogP contribution in [0.15, 0.2) is 27.2 Å². The number of carboxylic acid groups (broad SMARTS) is 1. The van der Waals surface area contributed by atoms with Crippen LogP contribution < -0.4 is 16.8 Å². The van der Waals surface area contributed by atoms with E-state index in [1.54, 1.807) is 0 Å². The highest BCUT2D eigenvalue weighted by Crippen LogP contribution is 2.43. The monoisotopic (exact) mass is 503 g/mol. The van der Waals surface area contributed by atoms with Crippen molar-refractivity contribution < 1.29 is 24.7 Å². The topological polar surface area (TPSA) is 208 Å². The van der Waals surface area contributed by atoms with Gasteiger partial charge in [0, 0.05) is 10.7 Å². The lowest BCUT2D eigenvalue weighted by Crippen LogP contribution is -2.71. The fourth-order valence-corrected chi connectivity index (χ4v) is 6.02. The maximum atomic E-state index is 12.6. The van der Waals surface area contributed by atoms with Gasteiger partial charge in [0.1, 0.15) is 33.0 Å². The van der Waals surface area contributed by atoms with E-state index in [-0.39, 0.29) is 32.4 Å². The average Bonchev–Trinajstić information content (AvgIpc) is 3.03. The third kappa shape index (κ3) is 4.48. The highest BCUT2D eigenvalue weighted by atomic mass is 35.5. The van der Waals surface area contributed by atoms with Crippen LogP contribution >= 0.6 is 46.5 Å². The number of aliphatic carboxylic acids is 1. The van der Waals surface area contributed by atoms with E-state index in [1.165, 1.54) is 23.2 Å². The van der Waals surface area contributed by atoms with E-state index in [2.05, 4.69) is 15.5 Å². The van der Waals surface area contributed by atoms with Gasteiger partial charge in [-0.25, -0.2) is 9.78 Å². The number of halogens is 1. The largest absolute Gasteiger partial charge is 0.477 e. The molecule has 2 aliphatic heterocycles. The number of aromatic nitrogens is 1. The SMILES string of the molecule is N=C(N)/C=C/SC1=C(C(=O)O)N2C(=O)C(NC(=O)/C(=N\O)c3nc(N)sc3Cl)[C@H]2SC1. The van der Waals surface area contributed by atoms with Crippen molar-refractivity contribution >= 4 is 80.9 Å². The number of fused-ring (bicyclic) bond motifs is 1. The number of nitrogens with two attached hydrogens (primary N) is 2. The Morgan fingerprint density at radius 1 is 1.48 bits per heavy atom. The number of carbonyl (C=O) groups is 3. The van der Waals surface area contributed by atoms with E-state index in [0.29, 0.717) is 4.91 Å². The van der Waals surface area contributed by atoms with Crippen molar-refractivity contribution in [2.45, 2.75) is 11.4 Å². The van der Waals surface area contributed by atoms with E-state index < -0.39 is 34.9 Å². The first-order chi connectivity index (χ1) is 14.6. The van der Waals surface area contributed by atoms with Crippen molar-refractivity contribution in [2.75, 3.05) is 11.5 Å². The van der Waals surface area contributed by atoms with Crippen molar-refractivity contribution in [1.82, 2.24) is 15.2 Å². The van der Waals surface area contributed by atoms with E-state index in [9.17, 15) is 24.7 Å². The average molecular weight is 504 g/mol. The number of thioether (sulfide) groups is 2. The minimum atomic E-state index is -1.30. The standard InChI is InChI=1S/C15H14ClN7O5S3/c16-10-6(21-15(19)31-10)7(22-28)11(24)20-8-12(25)23-9(14(26)27)4(3-30-13(8)23)29-2-1-5(17)18/h1-2,8,13,28H,3H2,(H3,17,18)(H2,19,21)(H,20,24)(H,26,27)/b2-1+,22-7-/t8?,13-/m1/s1. The summed E-state index contributed by atoms with van der Waals surface area (Å²) in [6.07, 6.45) is 1.29. The van der Waals surface area contributed by atoms with Crippen LogP contribution in [0.25, 0.3) is 0 Å². The Balaban J connectivity index is 1.78. The lowest BCUT2D eigenvalue weighted by molar-refractivity contribution is -0.150. The third-order valence-electron chi connectivity index (χ3n) is 4.02. The Morgan fingerprint density at radius 2 is 2.19 bits per heavy atom. The van der Waals surface area contributed by atoms with Crippen LogP contribution in [0, 0.1) is 5.41 Å². The third-order valence-corrected chi connectivity index (χ3v) is 7.46. The predicted molar refractivity (Wildman–Crippen MR) is 118 cm³/mol. The minimum absolute atomic E-state index is 0.0328. The van der Waals surface area contributed by atoms with Gasteiger partial charge >= 0.3 is 5.97 Å². The molecule has 0 saturated carbocycles. The van der Waals surface area contributed by atoms with Crippen molar-refractivity contribution in [1.29, 1.82) is 5.41 Å². The number of hydrogen-bond donors (Lipinski definition) is 6. The van der Waals surface area contributed by atoms with E-state index in [0.717, 1.165) is 28.0 Å². The molecule has 16 heteroatoms. The number of nitrogens with zero attached hydrogens (tertiary/aromatic N) is 3. The molecule has 1 fully saturated rings. The second-order valence-electron chi connectivity index (χ2n) is 5.94. The number of β-lactam (4-membered cyclic amide) rings is 1. The summed E-state index contributed by atoms with van der Waals surface area (Å²) in [5.41, 5.74) is 9.90. The number of carboxylic acids is 1. The zero-order valence-corrected chi connectivity index (χ0v) is 18.4. The molecule has 0 bridgehead atoms. The quantitative estimate of drug-likeness (QED) is 0.0993. The van der Waals surface area contributed by atoms with E-state index >= 15 is 0 Å². The first kappa shape index (κ1) is 22.9. The summed E-state index contributed by atoms with van der Waals surface area (Å²) < 4.78 is 0.0328. The number of carbonyl (C=O) groups excluding carboxylic acids is 2. The molecule has 1 saturated heterocycles. The number of hydrogen-bond acceptors (Lipinski definition) is 11. The summed E-state index contributed by atoms with van der Waals surface area (Å²) in [5.74, 6) is -2.80. The van der Waals surface area contributed by atoms with Crippen LogP contribution in [0.2, 0.25) is 4.34 Å². The van der Waals surface area contributed by atoms with Crippen LogP contribution in [-0.4, -0.2) is 66.7 Å². The molecule has 0 spiro atoms. The highest BCUT2D eigenvalue weighted by Gasteiger charge is 2.54. The first-order valence-corrected chi connectivity index (χ1v) is 11.3. The van der Waals surface area contributed by atoms with Crippen LogP contribution in [0.1, 0.15) is 5.69 Å². The Labute approximate surface area is 191 Å². The normalized spacial score (nSPS) is 21.1. The summed E-state index contributed by atoms with van der Waals surface area (Å²) in [6.45, 7) is 0. The van der Waals surface area contributed by atoms with Crippen LogP contribution in [0.5, 0.6) is 0 Å². The van der Waals surface area contributed by atoms with Gasteiger partial charge in [0.25, 0.3) is 11.8 Å². The number of thiazole rings is 1. The van der Waals surface area contributed by atoms with Crippen LogP contribution in [0.3, 0.4) is 0 Å². The first-order valence-electron chi connectivity index (χ1n) is 8.19. The summed E-state index contributed by atoms with van der Waals surface area (Å²) in [7, 11) is 0. The molecular weight excluding hydrogens is 490 g/mol. The molecule has 12 nitrogen and oxygen atoms in total. The van der Waals surface area contributed by atoms with Gasteiger partial charge in [0.05, 0.1) is 0 Å². The Morgan fingerprint density at radius 3 is 2.74 bits per heavy atom. The molecule has 8 N–H and O–H groups in total. The van der Waals surface area contributed by atoms with Gasteiger partial charge in [0.15, 0.2) is 10.8 Å². The predicted octanol–water partition coefficient (Wildman–Crippen LogP) is 0.436. The number of amides is 2. The van der Waals surface area contributed by atoms with Crippen molar-refractivity contribution in [3.05, 3.63) is 32.1 Å². The molecule has 3 rings (SSSR count). The van der Waals surface area contributed by atoms with Gasteiger partial charge in [-0.1, -0.05) is 39.9 Å². The zero-order valence-electron chi connectivity index (χ0n) is 15.2. The van der Waals surface area contributed by atoms with Crippen LogP contribution in [0.4, 0.5) is 5.13 Å². The number of oxime groups is 1. The van der Waals surface area contributed by atoms with Crippen molar-refractivity contribution in [3.63, 3.8) is 0 Å². The lowest BCUT2D eigenvalue weighted by Gasteiger charge is -2.49. The Bertz CT molecular complexity index is 1070. The second-order valence-corrected chi connectivity index (χ2v) is 9.68. The second kappa shape index (κ2) is 9.17. The van der Waals surface area contributed by atoms with Crippen molar-refractivity contribution in [3.8, 4) is 0 Å². The molecular formula is C15H14ClN7O5S3. The molecule has 2 aliphatic rings. The van der Waals surface area contributed by atoms with Gasteiger partial charge in [0.2, 0.25) is 0 Å². The molecule has 31 heavy (non-hydrogen) atoms. The Hall–Kier alpha value is -2.75. The van der Waals surface area contributed by atoms with Gasteiger partial charge < -0.3 is 27.1 Å². The maximum Gasteiger partial charge on any atom is 0.353 e. The molecule has 1 unspecified atom stereocenters. The summed E-state index contributed by atoms with van der Waals surface area (Å²) in [4.78, 5) is 42.3. The molecule has 0 aromatic carbocycles. The molecule has 0 radical (unpaired) electrons. The van der Waals surface area contributed by atoms with Gasteiger partial charge in [-0.05, 0) is 11.5 Å². The number of anilines is 1. The fourth-order valence-electron chi connectivity index (χ4n) is 2.74. The van der Waals surface area contributed by atoms with Crippen molar-refractivity contribution in [2.24, 2.45) is 10.9 Å². The number of amidine groups is 1. The molecule has 164 valence electrons. The lowest BCUT2D eigenvalue weighted by atomic mass is 10.0. The minimum Gasteiger partial charge on any atom is -0.477 e. The van der Waals surface area contributed by atoms with Gasteiger partial charge in [-0.2, -0.15) is 0 Å². The summed E-state index contributed by atoms with van der Waals surface area (Å²) in [6, 6.07) is -1.04. The molecule has 1 aromatic heterocycles. The smallest absolute Gasteiger partial charge is 0.353 e. The fraction of sp³-hybridized carbons (Fsp3) is 0.200. The highest BCUT2D eigenvalue weighted by molar-refractivity contribution is 8.08. The number of rotatable bonds is 7. The molecule has 0 aliphatic carbocycles. The molecule has 2 amide bonds. The summed E-state index contributed by atoms with van der Waals surface area (Å²) >= 11 is 9.11. The Kier molecular flexibility index (Phi) is 6.78. The number of nitrogen functional groups attached to an aromatic ring is 1. The molecule has 2 atom stereocenters. The number of nitrogens with one attached hydrogen (secondary N) is 2. The molecule has 3 heterocycles. The van der Waals surface area contributed by atoms with Gasteiger partial charge in [-0.15, -0.1) is 11.8 Å². The maximum absolute atomic E-state index is 12.6. The van der Waals surface area contributed by atoms with Gasteiger partial charge in [-0.3, -0.25) is 19.9 Å². The summed E-state index contributed by atoms with van der Waals surface area (Å²) in [5, 5.41) is 32.2. The van der Waals surface area contributed by atoms with Crippen LogP contribution in [-0.2, 0) is 14.4 Å². The zero-order chi connectivity index (χ0) is 22.9. The van der Waals surface area contributed by atoms with E-state index in [4.69, 9.17) is 28.5 Å².